The number of hydrogen-bond acceptors (Lipinski definition) is 4. The highest BCUT2D eigenvalue weighted by atomic mass is 127. The lowest BCUT2D eigenvalue weighted by molar-refractivity contribution is 0.174. The smallest absolute Gasteiger partial charge is 0.231 e. The monoisotopic (exact) mass is 483 g/mol. The molecule has 0 radical (unpaired) electrons. The van der Waals surface area contributed by atoms with Crippen LogP contribution in [0.3, 0.4) is 0 Å². The first-order chi connectivity index (χ1) is 12.8. The van der Waals surface area contributed by atoms with Crippen LogP contribution < -0.4 is 20.1 Å². The summed E-state index contributed by atoms with van der Waals surface area (Å²) in [4.78, 5) is 4.25. The maximum Gasteiger partial charge on any atom is 0.231 e. The van der Waals surface area contributed by atoms with Gasteiger partial charge < -0.3 is 25.2 Å². The van der Waals surface area contributed by atoms with Gasteiger partial charge in [-0.15, -0.1) is 24.0 Å². The van der Waals surface area contributed by atoms with E-state index in [1.165, 1.54) is 5.56 Å². The van der Waals surface area contributed by atoms with Gasteiger partial charge in [-0.2, -0.15) is 0 Å². The molecular weight excluding hydrogens is 457 g/mol. The molecule has 27 heavy (non-hydrogen) atoms. The maximum atomic E-state index is 9.64. The Morgan fingerprint density at radius 3 is 2.63 bits per heavy atom. The van der Waals surface area contributed by atoms with Crippen LogP contribution in [0.1, 0.15) is 17.0 Å². The lowest BCUT2D eigenvalue weighted by Crippen LogP contribution is -2.40. The van der Waals surface area contributed by atoms with E-state index in [-0.39, 0.29) is 36.5 Å². The van der Waals surface area contributed by atoms with E-state index >= 15 is 0 Å². The highest BCUT2D eigenvalue weighted by Crippen LogP contribution is 2.32. The van der Waals surface area contributed by atoms with Gasteiger partial charge in [0.2, 0.25) is 6.79 Å². The van der Waals surface area contributed by atoms with Crippen molar-refractivity contribution in [3.05, 3.63) is 59.7 Å². The van der Waals surface area contributed by atoms with Crippen LogP contribution in [0.4, 0.5) is 0 Å². The van der Waals surface area contributed by atoms with Gasteiger partial charge in [0, 0.05) is 26.1 Å². The molecule has 1 aliphatic heterocycles. The molecule has 0 bridgehead atoms. The quantitative estimate of drug-likeness (QED) is 0.321. The van der Waals surface area contributed by atoms with Gasteiger partial charge in [0.15, 0.2) is 17.5 Å². The number of aliphatic imine (C=N–C) groups is 1. The highest BCUT2D eigenvalue weighted by Gasteiger charge is 2.13. The molecular formula is C20H26IN3O3. The number of halogens is 1. The van der Waals surface area contributed by atoms with E-state index in [2.05, 4.69) is 15.6 Å². The summed E-state index contributed by atoms with van der Waals surface area (Å²) in [5.41, 5.74) is 2.29. The molecule has 1 atom stereocenters. The number of ether oxygens (including phenoxy) is 2. The molecule has 2 aromatic rings. The minimum atomic E-state index is 0. The van der Waals surface area contributed by atoms with E-state index in [1.54, 1.807) is 7.05 Å². The fourth-order valence-electron chi connectivity index (χ4n) is 2.88. The largest absolute Gasteiger partial charge is 0.454 e. The van der Waals surface area contributed by atoms with E-state index in [0.29, 0.717) is 13.3 Å². The lowest BCUT2D eigenvalue weighted by Gasteiger charge is -2.18. The molecule has 0 aliphatic carbocycles. The van der Waals surface area contributed by atoms with Crippen molar-refractivity contribution in [3.63, 3.8) is 0 Å². The van der Waals surface area contributed by atoms with Crippen LogP contribution in [-0.4, -0.2) is 44.6 Å². The molecule has 7 heteroatoms. The van der Waals surface area contributed by atoms with Gasteiger partial charge >= 0.3 is 0 Å². The Morgan fingerprint density at radius 1 is 1.11 bits per heavy atom. The Kier molecular flexibility index (Phi) is 8.66. The minimum absolute atomic E-state index is 0. The van der Waals surface area contributed by atoms with Gasteiger partial charge in [0.05, 0.1) is 6.61 Å². The Bertz CT molecular complexity index is 741. The van der Waals surface area contributed by atoms with Gasteiger partial charge in [0.1, 0.15) is 0 Å². The van der Waals surface area contributed by atoms with Crippen molar-refractivity contribution < 1.29 is 14.6 Å². The molecule has 0 amide bonds. The van der Waals surface area contributed by atoms with E-state index < -0.39 is 0 Å². The molecule has 1 heterocycles. The SMILES string of the molecule is CN=C(NCCc1ccc2c(c1)OCO2)NCC(CO)c1ccccc1.I. The van der Waals surface area contributed by atoms with Crippen LogP contribution >= 0.6 is 24.0 Å². The molecule has 146 valence electrons. The average molecular weight is 483 g/mol. The molecule has 0 aromatic heterocycles. The summed E-state index contributed by atoms with van der Waals surface area (Å²) in [6, 6.07) is 16.0. The molecule has 0 saturated heterocycles. The third-order valence-electron chi connectivity index (χ3n) is 4.37. The van der Waals surface area contributed by atoms with E-state index in [4.69, 9.17) is 9.47 Å². The standard InChI is InChI=1S/C20H25N3O3.HI/c1-21-20(23-12-17(13-24)16-5-3-2-4-6-16)22-10-9-15-7-8-18-19(11-15)26-14-25-18;/h2-8,11,17,24H,9-10,12-14H2,1H3,(H2,21,22,23);1H. The first-order valence-electron chi connectivity index (χ1n) is 8.79. The topological polar surface area (TPSA) is 75.1 Å². The lowest BCUT2D eigenvalue weighted by atomic mass is 10.0. The number of fused-ring (bicyclic) bond motifs is 1. The Balaban J connectivity index is 0.00000261. The Morgan fingerprint density at radius 2 is 1.89 bits per heavy atom. The van der Waals surface area contributed by atoms with Gasteiger partial charge in [-0.1, -0.05) is 36.4 Å². The first-order valence-corrected chi connectivity index (χ1v) is 8.79. The van der Waals surface area contributed by atoms with Gasteiger partial charge in [-0.3, -0.25) is 4.99 Å². The van der Waals surface area contributed by atoms with E-state index in [9.17, 15) is 5.11 Å². The maximum absolute atomic E-state index is 9.64. The van der Waals surface area contributed by atoms with Crippen molar-refractivity contribution in [2.45, 2.75) is 12.3 Å². The summed E-state index contributed by atoms with van der Waals surface area (Å²) in [7, 11) is 1.74. The number of guanidine groups is 1. The second-order valence-electron chi connectivity index (χ2n) is 6.11. The van der Waals surface area contributed by atoms with Crippen LogP contribution in [0.5, 0.6) is 11.5 Å². The second kappa shape index (κ2) is 11.0. The zero-order valence-corrected chi connectivity index (χ0v) is 17.7. The molecule has 3 rings (SSSR count). The molecule has 2 aromatic carbocycles. The normalized spacial score (nSPS) is 13.6. The van der Waals surface area contributed by atoms with E-state index in [0.717, 1.165) is 36.0 Å². The number of nitrogens with zero attached hydrogens (tertiary/aromatic N) is 1. The third kappa shape index (κ3) is 6.00. The predicted molar refractivity (Wildman–Crippen MR) is 117 cm³/mol. The molecule has 6 nitrogen and oxygen atoms in total. The number of hydrogen-bond donors (Lipinski definition) is 3. The van der Waals surface area contributed by atoms with Gasteiger partial charge in [-0.25, -0.2) is 0 Å². The van der Waals surface area contributed by atoms with Crippen LogP contribution in [0, 0.1) is 0 Å². The molecule has 0 fully saturated rings. The number of rotatable bonds is 7. The number of aliphatic hydroxyl groups is 1. The summed E-state index contributed by atoms with van der Waals surface area (Å²) in [5, 5.41) is 16.2. The fraction of sp³-hybridized carbons (Fsp3) is 0.350. The number of aliphatic hydroxyl groups excluding tert-OH is 1. The Labute approximate surface area is 177 Å². The predicted octanol–water partition coefficient (Wildman–Crippen LogP) is 2.52. The van der Waals surface area contributed by atoms with Crippen LogP contribution in [0.2, 0.25) is 0 Å². The van der Waals surface area contributed by atoms with Crippen LogP contribution in [-0.2, 0) is 6.42 Å². The first kappa shape index (κ1) is 21.3. The minimum Gasteiger partial charge on any atom is -0.454 e. The van der Waals surface area contributed by atoms with Crippen molar-refractivity contribution in [3.8, 4) is 11.5 Å². The summed E-state index contributed by atoms with van der Waals surface area (Å²) in [6.45, 7) is 1.74. The van der Waals surface area contributed by atoms with Crippen molar-refractivity contribution >= 4 is 29.9 Å². The molecule has 1 unspecified atom stereocenters. The summed E-state index contributed by atoms with van der Waals surface area (Å²) in [5.74, 6) is 2.36. The number of benzene rings is 2. The van der Waals surface area contributed by atoms with Gasteiger partial charge in [-0.05, 0) is 29.7 Å². The van der Waals surface area contributed by atoms with Crippen molar-refractivity contribution in [2.24, 2.45) is 4.99 Å². The van der Waals surface area contributed by atoms with Crippen molar-refractivity contribution in [2.75, 3.05) is 33.5 Å². The Hall–Kier alpha value is -2.00. The summed E-state index contributed by atoms with van der Waals surface area (Å²) < 4.78 is 10.7. The zero-order chi connectivity index (χ0) is 18.2. The molecule has 3 N–H and O–H groups in total. The van der Waals surface area contributed by atoms with Crippen molar-refractivity contribution in [1.29, 1.82) is 0 Å². The zero-order valence-electron chi connectivity index (χ0n) is 15.4. The molecule has 0 spiro atoms. The van der Waals surface area contributed by atoms with Crippen LogP contribution in [0.25, 0.3) is 0 Å². The van der Waals surface area contributed by atoms with Crippen LogP contribution in [0.15, 0.2) is 53.5 Å². The second-order valence-corrected chi connectivity index (χ2v) is 6.11. The summed E-state index contributed by atoms with van der Waals surface area (Å²) in [6.07, 6.45) is 0.847. The number of nitrogens with one attached hydrogen (secondary N) is 2. The van der Waals surface area contributed by atoms with Crippen molar-refractivity contribution in [1.82, 2.24) is 10.6 Å². The highest BCUT2D eigenvalue weighted by molar-refractivity contribution is 14.0. The van der Waals surface area contributed by atoms with E-state index in [1.807, 2.05) is 48.5 Å². The average Bonchev–Trinajstić information content (AvgIpc) is 3.15. The summed E-state index contributed by atoms with van der Waals surface area (Å²) >= 11 is 0. The molecule has 0 saturated carbocycles. The fourth-order valence-corrected chi connectivity index (χ4v) is 2.88. The van der Waals surface area contributed by atoms with Gasteiger partial charge in [0.25, 0.3) is 0 Å². The third-order valence-corrected chi connectivity index (χ3v) is 4.37. The molecule has 1 aliphatic rings.